The molecule has 1 aliphatic rings. The van der Waals surface area contributed by atoms with Gasteiger partial charge in [-0.2, -0.15) is 0 Å². The van der Waals surface area contributed by atoms with Gasteiger partial charge in [0.1, 0.15) is 5.75 Å². The van der Waals surface area contributed by atoms with Crippen LogP contribution in [0.2, 0.25) is 0 Å². The minimum atomic E-state index is -0.930. The number of carbonyl (C=O) groups excluding carboxylic acids is 1. The van der Waals surface area contributed by atoms with Crippen LogP contribution in [0.1, 0.15) is 35.3 Å². The van der Waals surface area contributed by atoms with Crippen LogP contribution in [0.3, 0.4) is 0 Å². The zero-order valence-electron chi connectivity index (χ0n) is 12.4. The van der Waals surface area contributed by atoms with Crippen LogP contribution in [0.5, 0.6) is 5.75 Å². The predicted octanol–water partition coefficient (Wildman–Crippen LogP) is 3.46. The van der Waals surface area contributed by atoms with E-state index in [-0.39, 0.29) is 12.4 Å². The lowest BCUT2D eigenvalue weighted by atomic mass is 9.88. The van der Waals surface area contributed by atoms with Crippen LogP contribution in [0.25, 0.3) is 11.1 Å². The van der Waals surface area contributed by atoms with Gasteiger partial charge in [-0.25, -0.2) is 0 Å². The Bertz CT molecular complexity index is 724. The Morgan fingerprint density at radius 2 is 1.90 bits per heavy atom. The second-order valence-electron chi connectivity index (χ2n) is 5.98. The molecule has 0 amide bonds. The first-order valence-corrected chi connectivity index (χ1v) is 7.01. The average molecular weight is 282 g/mol. The highest BCUT2D eigenvalue weighted by atomic mass is 16.5. The van der Waals surface area contributed by atoms with E-state index in [2.05, 4.69) is 0 Å². The largest absolute Gasteiger partial charge is 0.485 e. The van der Waals surface area contributed by atoms with Gasteiger partial charge in [0.15, 0.2) is 6.61 Å². The van der Waals surface area contributed by atoms with E-state index in [1.165, 1.54) is 0 Å². The molecule has 0 aliphatic carbocycles. The second kappa shape index (κ2) is 4.71. The minimum absolute atomic E-state index is 0.0322. The third-order valence-corrected chi connectivity index (χ3v) is 3.83. The number of aryl methyl sites for hydroxylation is 1. The van der Waals surface area contributed by atoms with Crippen molar-refractivity contribution < 1.29 is 14.6 Å². The molecule has 0 saturated heterocycles. The van der Waals surface area contributed by atoms with Gasteiger partial charge in [0, 0.05) is 0 Å². The summed E-state index contributed by atoms with van der Waals surface area (Å²) in [5.41, 5.74) is 3.43. The predicted molar refractivity (Wildman–Crippen MR) is 81.7 cm³/mol. The Labute approximate surface area is 124 Å². The van der Waals surface area contributed by atoms with Gasteiger partial charge >= 0.3 is 0 Å². The highest BCUT2D eigenvalue weighted by Crippen LogP contribution is 2.37. The third-order valence-electron chi connectivity index (χ3n) is 3.83. The molecule has 0 radical (unpaired) electrons. The van der Waals surface area contributed by atoms with E-state index < -0.39 is 5.60 Å². The Kier molecular flexibility index (Phi) is 3.10. The summed E-state index contributed by atoms with van der Waals surface area (Å²) in [7, 11) is 0. The van der Waals surface area contributed by atoms with E-state index in [9.17, 15) is 9.90 Å². The topological polar surface area (TPSA) is 46.5 Å². The quantitative estimate of drug-likeness (QED) is 0.917. The maximum atomic E-state index is 11.8. The molecule has 2 aromatic carbocycles. The zero-order valence-corrected chi connectivity index (χ0v) is 12.4. The number of ether oxygens (including phenoxy) is 1. The lowest BCUT2D eigenvalue weighted by Gasteiger charge is -2.22. The maximum absolute atomic E-state index is 11.8. The first kappa shape index (κ1) is 13.8. The molecule has 21 heavy (non-hydrogen) atoms. The first-order chi connectivity index (χ1) is 9.88. The van der Waals surface area contributed by atoms with E-state index in [0.717, 1.165) is 22.3 Å². The summed E-state index contributed by atoms with van der Waals surface area (Å²) < 4.78 is 5.47. The highest BCUT2D eigenvalue weighted by Gasteiger charge is 2.26. The number of aliphatic hydroxyl groups is 1. The number of Topliss-reactive ketones (excluding diaryl/α,β-unsaturated/α-hetero) is 1. The normalized spacial score (nSPS) is 14.0. The molecule has 0 fully saturated rings. The highest BCUT2D eigenvalue weighted by molar-refractivity contribution is 6.04. The maximum Gasteiger partial charge on any atom is 0.204 e. The standard InChI is InChI=1S/C18H18O3/c1-11-8-12(9-16-17(11)15(19)10-21-16)13-6-4-5-7-14(13)18(2,3)20/h4-9,20H,10H2,1-3H3. The lowest BCUT2D eigenvalue weighted by Crippen LogP contribution is -2.16. The van der Waals surface area contributed by atoms with Gasteiger partial charge in [-0.05, 0) is 49.1 Å². The van der Waals surface area contributed by atoms with Crippen molar-refractivity contribution in [3.8, 4) is 16.9 Å². The number of hydrogen-bond donors (Lipinski definition) is 1. The molecule has 0 aromatic heterocycles. The second-order valence-corrected chi connectivity index (χ2v) is 5.98. The fourth-order valence-corrected chi connectivity index (χ4v) is 2.87. The van der Waals surface area contributed by atoms with Crippen LogP contribution >= 0.6 is 0 Å². The van der Waals surface area contributed by atoms with Gasteiger partial charge in [-0.3, -0.25) is 4.79 Å². The Morgan fingerprint density at radius 3 is 2.62 bits per heavy atom. The molecule has 0 saturated carbocycles. The molecule has 0 bridgehead atoms. The fourth-order valence-electron chi connectivity index (χ4n) is 2.87. The van der Waals surface area contributed by atoms with Crippen LogP contribution < -0.4 is 4.74 Å². The van der Waals surface area contributed by atoms with E-state index in [1.54, 1.807) is 13.8 Å². The molecule has 3 nitrogen and oxygen atoms in total. The number of rotatable bonds is 2. The van der Waals surface area contributed by atoms with Crippen molar-refractivity contribution in [2.24, 2.45) is 0 Å². The van der Waals surface area contributed by atoms with Crippen LogP contribution in [-0.4, -0.2) is 17.5 Å². The average Bonchev–Trinajstić information content (AvgIpc) is 2.80. The molecule has 1 aliphatic heterocycles. The van der Waals surface area contributed by atoms with Gasteiger partial charge in [0.25, 0.3) is 0 Å². The van der Waals surface area contributed by atoms with E-state index in [0.29, 0.717) is 11.3 Å². The van der Waals surface area contributed by atoms with Crippen LogP contribution in [0, 0.1) is 6.92 Å². The number of hydrogen-bond acceptors (Lipinski definition) is 3. The smallest absolute Gasteiger partial charge is 0.204 e. The molecule has 1 N–H and O–H groups in total. The molecule has 0 atom stereocenters. The van der Waals surface area contributed by atoms with Crippen molar-refractivity contribution >= 4 is 5.78 Å². The van der Waals surface area contributed by atoms with Crippen molar-refractivity contribution in [2.45, 2.75) is 26.4 Å². The number of ketones is 1. The van der Waals surface area contributed by atoms with Crippen molar-refractivity contribution in [2.75, 3.05) is 6.61 Å². The molecule has 3 rings (SSSR count). The van der Waals surface area contributed by atoms with Crippen molar-refractivity contribution in [1.82, 2.24) is 0 Å². The molecule has 0 spiro atoms. The third kappa shape index (κ3) is 2.34. The van der Waals surface area contributed by atoms with E-state index in [4.69, 9.17) is 4.74 Å². The molecule has 0 unspecified atom stereocenters. The number of carbonyl (C=O) groups is 1. The summed E-state index contributed by atoms with van der Waals surface area (Å²) in [6.45, 7) is 5.58. The summed E-state index contributed by atoms with van der Waals surface area (Å²) in [6.07, 6.45) is 0. The van der Waals surface area contributed by atoms with Crippen LogP contribution in [-0.2, 0) is 5.60 Å². The van der Waals surface area contributed by atoms with Gasteiger partial charge in [-0.15, -0.1) is 0 Å². The number of benzene rings is 2. The lowest BCUT2D eigenvalue weighted by molar-refractivity contribution is 0.0792. The minimum Gasteiger partial charge on any atom is -0.485 e. The summed E-state index contributed by atoms with van der Waals surface area (Å²) in [4.78, 5) is 11.8. The molecule has 2 aromatic rings. The Hall–Kier alpha value is -2.13. The Balaban J connectivity index is 2.20. The van der Waals surface area contributed by atoms with Crippen LogP contribution in [0.15, 0.2) is 36.4 Å². The van der Waals surface area contributed by atoms with Gasteiger partial charge in [-0.1, -0.05) is 30.3 Å². The molecule has 3 heteroatoms. The van der Waals surface area contributed by atoms with Crippen molar-refractivity contribution in [1.29, 1.82) is 0 Å². The molecular formula is C18H18O3. The summed E-state index contributed by atoms with van der Waals surface area (Å²) in [6, 6.07) is 11.6. The van der Waals surface area contributed by atoms with Crippen molar-refractivity contribution in [3.05, 3.63) is 53.1 Å². The van der Waals surface area contributed by atoms with Gasteiger partial charge in [0.05, 0.1) is 11.2 Å². The first-order valence-electron chi connectivity index (χ1n) is 7.01. The number of fused-ring (bicyclic) bond motifs is 1. The van der Waals surface area contributed by atoms with Crippen molar-refractivity contribution in [3.63, 3.8) is 0 Å². The fraction of sp³-hybridized carbons (Fsp3) is 0.278. The van der Waals surface area contributed by atoms with Crippen LogP contribution in [0.4, 0.5) is 0 Å². The monoisotopic (exact) mass is 282 g/mol. The molecular weight excluding hydrogens is 264 g/mol. The summed E-state index contributed by atoms with van der Waals surface area (Å²) >= 11 is 0. The summed E-state index contributed by atoms with van der Waals surface area (Å²) in [5, 5.41) is 10.4. The molecule has 108 valence electrons. The molecule has 1 heterocycles. The summed E-state index contributed by atoms with van der Waals surface area (Å²) in [5.74, 6) is 0.672. The zero-order chi connectivity index (χ0) is 15.2. The SMILES string of the molecule is Cc1cc(-c2ccccc2C(C)(C)O)cc2c1C(=O)CO2. The van der Waals surface area contributed by atoms with Gasteiger partial charge in [0.2, 0.25) is 5.78 Å². The Morgan fingerprint density at radius 1 is 1.19 bits per heavy atom. The van der Waals surface area contributed by atoms with Gasteiger partial charge < -0.3 is 9.84 Å². The van der Waals surface area contributed by atoms with E-state index >= 15 is 0 Å². The van der Waals surface area contributed by atoms with E-state index in [1.807, 2.05) is 43.3 Å².